The molecule has 0 saturated heterocycles. The highest BCUT2D eigenvalue weighted by Crippen LogP contribution is 2.49. The maximum atomic E-state index is 10.7. The zero-order valence-corrected chi connectivity index (χ0v) is 43.9. The van der Waals surface area contributed by atoms with Crippen LogP contribution in [-0.2, 0) is 6.42 Å². The fourth-order valence-electron chi connectivity index (χ4n) is 7.82. The number of phenols is 1. The zero-order valence-electron chi connectivity index (χ0n) is 43.9. The van der Waals surface area contributed by atoms with Crippen LogP contribution >= 0.6 is 0 Å². The van der Waals surface area contributed by atoms with Crippen molar-refractivity contribution in [2.45, 2.75) is 205 Å². The van der Waals surface area contributed by atoms with Crippen molar-refractivity contribution in [2.75, 3.05) is 21.3 Å². The number of aromatic hydroxyl groups is 1. The van der Waals surface area contributed by atoms with Gasteiger partial charge in [-0.1, -0.05) is 116 Å². The summed E-state index contributed by atoms with van der Waals surface area (Å²) in [6.07, 6.45) is 45.1. The molecule has 0 radical (unpaired) electrons. The quantitative estimate of drug-likeness (QED) is 0.0733. The molecule has 1 N–H and O–H groups in total. The maximum absolute atomic E-state index is 10.7. The number of ether oxygens (including phenoxy) is 3. The molecule has 0 aliphatic carbocycles. The molecule has 1 aromatic rings. The van der Waals surface area contributed by atoms with Crippen LogP contribution in [0, 0.1) is 6.92 Å². The highest BCUT2D eigenvalue weighted by Gasteiger charge is 2.23. The predicted octanol–water partition coefficient (Wildman–Crippen LogP) is 18.8. The third-order valence-corrected chi connectivity index (χ3v) is 12.3. The van der Waals surface area contributed by atoms with E-state index in [-0.39, 0.29) is 5.75 Å². The molecule has 0 aliphatic rings. The van der Waals surface area contributed by atoms with Crippen LogP contribution in [0.5, 0.6) is 23.0 Å². The molecule has 0 heterocycles. The minimum atomic E-state index is 0.0971. The number of rotatable bonds is 32. The summed E-state index contributed by atoms with van der Waals surface area (Å²) >= 11 is 0. The minimum Gasteiger partial charge on any atom is -0.504 e. The average molecular weight is 879 g/mol. The Kier molecular flexibility index (Phi) is 30.9. The van der Waals surface area contributed by atoms with E-state index < -0.39 is 0 Å². The Bertz CT molecular complexity index is 1860. The van der Waals surface area contributed by atoms with Crippen molar-refractivity contribution >= 4 is 0 Å². The Morgan fingerprint density at radius 3 is 0.812 bits per heavy atom. The molecule has 0 fully saturated rings. The van der Waals surface area contributed by atoms with E-state index in [9.17, 15) is 5.11 Å². The Balaban J connectivity index is 2.34. The van der Waals surface area contributed by atoms with Crippen LogP contribution in [-0.4, -0.2) is 26.4 Å². The number of methoxy groups -OCH3 is 3. The van der Waals surface area contributed by atoms with Crippen molar-refractivity contribution in [2.24, 2.45) is 0 Å². The topological polar surface area (TPSA) is 47.9 Å². The molecular weight excluding hydrogens is 785 g/mol. The van der Waals surface area contributed by atoms with Gasteiger partial charge in [0, 0.05) is 11.1 Å². The van der Waals surface area contributed by atoms with Gasteiger partial charge >= 0.3 is 0 Å². The summed E-state index contributed by atoms with van der Waals surface area (Å²) < 4.78 is 16.6. The van der Waals surface area contributed by atoms with Gasteiger partial charge < -0.3 is 19.3 Å². The maximum Gasteiger partial charge on any atom is 0.207 e. The van der Waals surface area contributed by atoms with Gasteiger partial charge in [-0.25, -0.2) is 0 Å². The second-order valence-electron chi connectivity index (χ2n) is 18.8. The molecule has 4 heteroatoms. The van der Waals surface area contributed by atoms with E-state index in [0.29, 0.717) is 23.7 Å². The first kappa shape index (κ1) is 57.8. The molecule has 0 spiro atoms. The number of hydrogen-bond donors (Lipinski definition) is 1. The molecule has 1 aromatic carbocycles. The molecule has 0 bridgehead atoms. The SMILES string of the molecule is COc1c(O)c(C)c(C/C=C(\C)CC/C=C(\C)CC/C=C(\C)CC/C=C(\C)CC/C=C(\C)CC/C=C(\C)CC/C=C(\C)CC/C=C(\C)CC/C=C(\C)CCC=C(C)C)c(OC)c1OC. The molecule has 0 atom stereocenters. The van der Waals surface area contributed by atoms with Gasteiger partial charge in [-0.3, -0.25) is 0 Å². The first-order valence-electron chi connectivity index (χ1n) is 24.6. The average Bonchev–Trinajstić information content (AvgIpc) is 3.23. The number of benzene rings is 1. The Morgan fingerprint density at radius 2 is 0.578 bits per heavy atom. The number of hydrogen-bond acceptors (Lipinski definition) is 4. The number of phenolic OH excluding ortho intramolecular Hbond substituents is 1. The van der Waals surface area contributed by atoms with Crippen LogP contribution in [0.3, 0.4) is 0 Å². The first-order valence-corrected chi connectivity index (χ1v) is 24.6. The van der Waals surface area contributed by atoms with Crippen molar-refractivity contribution in [3.8, 4) is 23.0 Å². The third kappa shape index (κ3) is 25.9. The second-order valence-corrected chi connectivity index (χ2v) is 18.8. The normalized spacial score (nSPS) is 14.1. The van der Waals surface area contributed by atoms with E-state index >= 15 is 0 Å². The summed E-state index contributed by atoms with van der Waals surface area (Å²) in [5.74, 6) is 1.43. The Hall–Kier alpha value is -4.18. The highest BCUT2D eigenvalue weighted by molar-refractivity contribution is 5.66. The lowest BCUT2D eigenvalue weighted by atomic mass is 9.99. The van der Waals surface area contributed by atoms with Crippen molar-refractivity contribution in [3.05, 3.63) is 128 Å². The van der Waals surface area contributed by atoms with Crippen molar-refractivity contribution in [3.63, 3.8) is 0 Å². The predicted molar refractivity (Wildman–Crippen MR) is 283 cm³/mol. The second kappa shape index (κ2) is 34.2. The summed E-state index contributed by atoms with van der Waals surface area (Å²) in [5.41, 5.74) is 16.4. The van der Waals surface area contributed by atoms with Crippen molar-refractivity contribution in [1.82, 2.24) is 0 Å². The smallest absolute Gasteiger partial charge is 0.207 e. The summed E-state index contributed by atoms with van der Waals surface area (Å²) in [6, 6.07) is 0. The largest absolute Gasteiger partial charge is 0.504 e. The Labute approximate surface area is 394 Å². The van der Waals surface area contributed by atoms with Gasteiger partial charge in [-0.05, 0) is 205 Å². The van der Waals surface area contributed by atoms with E-state index in [1.165, 1.54) is 82.1 Å². The molecule has 0 amide bonds. The van der Waals surface area contributed by atoms with Crippen LogP contribution in [0.4, 0.5) is 0 Å². The van der Waals surface area contributed by atoms with Crippen molar-refractivity contribution < 1.29 is 19.3 Å². The van der Waals surface area contributed by atoms with E-state index in [2.05, 4.69) is 137 Å². The third-order valence-electron chi connectivity index (χ3n) is 12.3. The van der Waals surface area contributed by atoms with Crippen LogP contribution in [0.25, 0.3) is 0 Å². The molecule has 0 saturated carbocycles. The van der Waals surface area contributed by atoms with E-state index in [1.54, 1.807) is 14.2 Å². The molecule has 0 aliphatic heterocycles. The highest BCUT2D eigenvalue weighted by atomic mass is 16.5. The molecule has 0 unspecified atom stereocenters. The summed E-state index contributed by atoms with van der Waals surface area (Å²) in [6.45, 7) is 26.7. The zero-order chi connectivity index (χ0) is 47.9. The molecule has 64 heavy (non-hydrogen) atoms. The lowest BCUT2D eigenvalue weighted by Gasteiger charge is -2.19. The fraction of sp³-hybridized carbons (Fsp3) is 0.567. The molecule has 0 aromatic heterocycles. The van der Waals surface area contributed by atoms with E-state index in [4.69, 9.17) is 14.2 Å². The number of allylic oxidation sites excluding steroid dienone is 20. The standard InChI is InChI=1S/C60H94O4/c1-45(2)25-16-26-46(3)27-17-28-47(4)29-18-30-48(5)31-19-32-49(6)33-20-34-50(7)35-21-36-51(8)37-22-38-52(9)39-23-40-53(10)41-24-42-54(11)43-44-56-55(12)57(61)59(63-14)60(64-15)58(56)62-13/h25,27,29,31,33,35,37,39,41,43,61H,16-24,26,28,30,32,34,36,38,40,42,44H2,1-15H3/b46-27+,47-29+,48-31+,49-33+,50-35+,51-37+,52-39+,53-41+,54-43+. The molecular formula is C60H94O4. The van der Waals surface area contributed by atoms with Gasteiger partial charge in [-0.2, -0.15) is 0 Å². The monoisotopic (exact) mass is 879 g/mol. The van der Waals surface area contributed by atoms with Crippen LogP contribution in [0.2, 0.25) is 0 Å². The van der Waals surface area contributed by atoms with Gasteiger partial charge in [0.05, 0.1) is 21.3 Å². The molecule has 358 valence electrons. The first-order chi connectivity index (χ1) is 30.5. The van der Waals surface area contributed by atoms with E-state index in [0.717, 1.165) is 107 Å². The molecule has 1 rings (SSSR count). The fourth-order valence-corrected chi connectivity index (χ4v) is 7.82. The van der Waals surface area contributed by atoms with Gasteiger partial charge in [0.1, 0.15) is 0 Å². The van der Waals surface area contributed by atoms with Gasteiger partial charge in [0.15, 0.2) is 11.5 Å². The van der Waals surface area contributed by atoms with Crippen molar-refractivity contribution in [1.29, 1.82) is 0 Å². The van der Waals surface area contributed by atoms with Crippen LogP contribution in [0.15, 0.2) is 116 Å². The van der Waals surface area contributed by atoms with Crippen LogP contribution in [0.1, 0.15) is 203 Å². The van der Waals surface area contributed by atoms with Gasteiger partial charge in [-0.15, -0.1) is 0 Å². The summed E-state index contributed by atoms with van der Waals surface area (Å²) in [7, 11) is 4.70. The summed E-state index contributed by atoms with van der Waals surface area (Å²) in [5, 5.41) is 10.7. The van der Waals surface area contributed by atoms with Gasteiger partial charge in [0.2, 0.25) is 11.5 Å². The van der Waals surface area contributed by atoms with E-state index in [1.807, 2.05) is 6.92 Å². The van der Waals surface area contributed by atoms with Gasteiger partial charge in [0.25, 0.3) is 0 Å². The lowest BCUT2D eigenvalue weighted by Crippen LogP contribution is -2.02. The minimum absolute atomic E-state index is 0.0971. The lowest BCUT2D eigenvalue weighted by molar-refractivity contribution is 0.307. The summed E-state index contributed by atoms with van der Waals surface area (Å²) in [4.78, 5) is 0. The molecule has 4 nitrogen and oxygen atoms in total. The Morgan fingerprint density at radius 1 is 0.344 bits per heavy atom. The van der Waals surface area contributed by atoms with Crippen LogP contribution < -0.4 is 14.2 Å².